The molecule has 3 rings (SSSR count). The van der Waals surface area contributed by atoms with Gasteiger partial charge in [0, 0.05) is 24.7 Å². The van der Waals surface area contributed by atoms with Crippen molar-refractivity contribution in [2.75, 3.05) is 6.54 Å². The average molecular weight is 390 g/mol. The first kappa shape index (κ1) is 20.9. The zero-order chi connectivity index (χ0) is 20.5. The molecule has 0 radical (unpaired) electrons. The number of ether oxygens (including phenoxy) is 2. The molecule has 3 nitrogen and oxygen atoms in total. The maximum Gasteiger partial charge on any atom is 0.127 e. The normalized spacial score (nSPS) is 11.3. The summed E-state index contributed by atoms with van der Waals surface area (Å²) in [6.45, 7) is 9.47. The van der Waals surface area contributed by atoms with E-state index in [9.17, 15) is 0 Å². The van der Waals surface area contributed by atoms with Gasteiger partial charge in [0.1, 0.15) is 24.7 Å². The molecule has 3 aromatic carbocycles. The number of hydrogen-bond acceptors (Lipinski definition) is 3. The van der Waals surface area contributed by atoms with Crippen LogP contribution in [0, 0.1) is 5.41 Å². The first-order valence-electron chi connectivity index (χ1n) is 10.2. The van der Waals surface area contributed by atoms with Crippen molar-refractivity contribution < 1.29 is 9.47 Å². The van der Waals surface area contributed by atoms with E-state index < -0.39 is 0 Å². The van der Waals surface area contributed by atoms with E-state index in [1.54, 1.807) is 0 Å². The van der Waals surface area contributed by atoms with E-state index in [1.165, 1.54) is 0 Å². The molecule has 0 spiro atoms. The summed E-state index contributed by atoms with van der Waals surface area (Å²) < 4.78 is 12.2. The van der Waals surface area contributed by atoms with Gasteiger partial charge in [-0.2, -0.15) is 0 Å². The largest absolute Gasteiger partial charge is 0.489 e. The van der Waals surface area contributed by atoms with Crippen LogP contribution in [0.3, 0.4) is 0 Å². The van der Waals surface area contributed by atoms with Crippen molar-refractivity contribution in [3.05, 3.63) is 95.6 Å². The Kier molecular flexibility index (Phi) is 7.31. The third-order valence-corrected chi connectivity index (χ3v) is 4.49. The molecule has 152 valence electrons. The molecule has 0 saturated heterocycles. The van der Waals surface area contributed by atoms with Crippen molar-refractivity contribution >= 4 is 0 Å². The van der Waals surface area contributed by atoms with Crippen LogP contribution in [0.2, 0.25) is 0 Å². The van der Waals surface area contributed by atoms with Crippen LogP contribution < -0.4 is 14.8 Å². The summed E-state index contributed by atoms with van der Waals surface area (Å²) in [5.41, 5.74) is 3.67. The molecule has 0 aliphatic rings. The molecule has 0 atom stereocenters. The van der Waals surface area contributed by atoms with E-state index in [0.717, 1.165) is 41.3 Å². The lowest BCUT2D eigenvalue weighted by atomic mass is 9.97. The molecule has 0 unspecified atom stereocenters. The molecule has 0 aromatic heterocycles. The average Bonchev–Trinajstić information content (AvgIpc) is 2.72. The van der Waals surface area contributed by atoms with Crippen molar-refractivity contribution in [2.45, 2.75) is 40.5 Å². The molecule has 0 amide bonds. The van der Waals surface area contributed by atoms with Gasteiger partial charge in [0.05, 0.1) is 0 Å². The van der Waals surface area contributed by atoms with Crippen molar-refractivity contribution in [3.63, 3.8) is 0 Å². The molecule has 0 fully saturated rings. The van der Waals surface area contributed by atoms with Gasteiger partial charge in [0.25, 0.3) is 0 Å². The van der Waals surface area contributed by atoms with Gasteiger partial charge in [-0.05, 0) is 22.6 Å². The highest BCUT2D eigenvalue weighted by Crippen LogP contribution is 2.27. The Balaban J connectivity index is 1.69. The van der Waals surface area contributed by atoms with E-state index in [4.69, 9.17) is 9.47 Å². The Labute approximate surface area is 174 Å². The molecule has 1 N–H and O–H groups in total. The van der Waals surface area contributed by atoms with E-state index in [1.807, 2.05) is 48.5 Å². The fourth-order valence-corrected chi connectivity index (χ4v) is 2.95. The number of hydrogen-bond donors (Lipinski definition) is 1. The summed E-state index contributed by atoms with van der Waals surface area (Å²) in [5, 5.41) is 3.54. The summed E-state index contributed by atoms with van der Waals surface area (Å²) in [4.78, 5) is 0. The quantitative estimate of drug-likeness (QED) is 0.488. The van der Waals surface area contributed by atoms with Gasteiger partial charge in [-0.1, -0.05) is 87.5 Å². The van der Waals surface area contributed by atoms with Crippen LogP contribution in [0.5, 0.6) is 11.5 Å². The Bertz CT molecular complexity index is 870. The van der Waals surface area contributed by atoms with Gasteiger partial charge in [-0.15, -0.1) is 0 Å². The zero-order valence-electron chi connectivity index (χ0n) is 17.7. The van der Waals surface area contributed by atoms with Crippen molar-refractivity contribution in [2.24, 2.45) is 5.41 Å². The fourth-order valence-electron chi connectivity index (χ4n) is 2.95. The molecular formula is C26H31NO2. The predicted octanol–water partition coefficient (Wildman–Crippen LogP) is 5.98. The van der Waals surface area contributed by atoms with Gasteiger partial charge in [0.15, 0.2) is 0 Å². The number of rotatable bonds is 9. The molecule has 3 heteroatoms. The Hall–Kier alpha value is -2.78. The zero-order valence-corrected chi connectivity index (χ0v) is 17.7. The van der Waals surface area contributed by atoms with Crippen LogP contribution in [-0.4, -0.2) is 6.54 Å². The minimum absolute atomic E-state index is 0.240. The fraction of sp³-hybridized carbons (Fsp3) is 0.308. The second-order valence-corrected chi connectivity index (χ2v) is 8.48. The van der Waals surface area contributed by atoms with E-state index in [-0.39, 0.29) is 5.41 Å². The third kappa shape index (κ3) is 7.28. The summed E-state index contributed by atoms with van der Waals surface area (Å²) in [5.74, 6) is 1.68. The van der Waals surface area contributed by atoms with Crippen LogP contribution in [0.1, 0.15) is 37.5 Å². The van der Waals surface area contributed by atoms with E-state index in [2.05, 4.69) is 56.4 Å². The van der Waals surface area contributed by atoms with Crippen LogP contribution >= 0.6 is 0 Å². The SMILES string of the molecule is CC(C)(C)CNCc1ccc(OCc2ccccc2)cc1OCc1ccccc1. The van der Waals surface area contributed by atoms with Crippen LogP contribution in [-0.2, 0) is 19.8 Å². The first-order valence-corrected chi connectivity index (χ1v) is 10.2. The highest BCUT2D eigenvalue weighted by molar-refractivity contribution is 5.41. The van der Waals surface area contributed by atoms with Gasteiger partial charge in [-0.3, -0.25) is 0 Å². The molecule has 0 aliphatic carbocycles. The highest BCUT2D eigenvalue weighted by Gasteiger charge is 2.11. The van der Waals surface area contributed by atoms with Crippen LogP contribution in [0.4, 0.5) is 0 Å². The lowest BCUT2D eigenvalue weighted by molar-refractivity contribution is 0.286. The molecule has 0 saturated carbocycles. The molecule has 3 aromatic rings. The third-order valence-electron chi connectivity index (χ3n) is 4.49. The standard InChI is InChI=1S/C26H31NO2/c1-26(2,3)20-27-17-23-14-15-24(28-18-21-10-6-4-7-11-21)16-25(23)29-19-22-12-8-5-9-13-22/h4-16,27H,17-20H2,1-3H3. The maximum atomic E-state index is 6.18. The highest BCUT2D eigenvalue weighted by atomic mass is 16.5. The van der Waals surface area contributed by atoms with Gasteiger partial charge < -0.3 is 14.8 Å². The molecular weight excluding hydrogens is 358 g/mol. The topological polar surface area (TPSA) is 30.5 Å². The maximum absolute atomic E-state index is 6.18. The van der Waals surface area contributed by atoms with Gasteiger partial charge >= 0.3 is 0 Å². The molecule has 0 aliphatic heterocycles. The monoisotopic (exact) mass is 389 g/mol. The number of benzene rings is 3. The van der Waals surface area contributed by atoms with Crippen molar-refractivity contribution in [3.8, 4) is 11.5 Å². The first-order chi connectivity index (χ1) is 14.0. The van der Waals surface area contributed by atoms with Gasteiger partial charge in [0.2, 0.25) is 0 Å². The van der Waals surface area contributed by atoms with E-state index in [0.29, 0.717) is 13.2 Å². The molecule has 0 heterocycles. The summed E-state index contributed by atoms with van der Waals surface area (Å²) >= 11 is 0. The Morgan fingerprint density at radius 1 is 0.724 bits per heavy atom. The van der Waals surface area contributed by atoms with E-state index >= 15 is 0 Å². The lowest BCUT2D eigenvalue weighted by Crippen LogP contribution is -2.26. The second-order valence-electron chi connectivity index (χ2n) is 8.48. The smallest absolute Gasteiger partial charge is 0.127 e. The Morgan fingerprint density at radius 2 is 1.31 bits per heavy atom. The predicted molar refractivity (Wildman–Crippen MR) is 119 cm³/mol. The summed E-state index contributed by atoms with van der Waals surface area (Å²) in [7, 11) is 0. The summed E-state index contributed by atoms with van der Waals surface area (Å²) in [6.07, 6.45) is 0. The summed E-state index contributed by atoms with van der Waals surface area (Å²) in [6, 6.07) is 26.5. The number of nitrogens with one attached hydrogen (secondary N) is 1. The van der Waals surface area contributed by atoms with Crippen LogP contribution in [0.25, 0.3) is 0 Å². The molecule has 29 heavy (non-hydrogen) atoms. The minimum Gasteiger partial charge on any atom is -0.489 e. The Morgan fingerprint density at radius 3 is 1.90 bits per heavy atom. The lowest BCUT2D eigenvalue weighted by Gasteiger charge is -2.20. The van der Waals surface area contributed by atoms with Crippen molar-refractivity contribution in [1.82, 2.24) is 5.32 Å². The van der Waals surface area contributed by atoms with Gasteiger partial charge in [-0.25, -0.2) is 0 Å². The van der Waals surface area contributed by atoms with Crippen LogP contribution in [0.15, 0.2) is 78.9 Å². The minimum atomic E-state index is 0.240. The second kappa shape index (κ2) is 10.1. The molecule has 0 bridgehead atoms. The van der Waals surface area contributed by atoms with Crippen molar-refractivity contribution in [1.29, 1.82) is 0 Å².